The Bertz CT molecular complexity index is 992. The van der Waals surface area contributed by atoms with Gasteiger partial charge in [-0.05, 0) is 18.1 Å². The van der Waals surface area contributed by atoms with Gasteiger partial charge in [0.05, 0.1) is 12.0 Å². The van der Waals surface area contributed by atoms with Crippen LogP contribution in [0.2, 0.25) is 0 Å². The minimum Gasteiger partial charge on any atom is -0.461 e. The van der Waals surface area contributed by atoms with Crippen LogP contribution in [-0.4, -0.2) is 24.9 Å². The van der Waals surface area contributed by atoms with Gasteiger partial charge in [-0.3, -0.25) is 4.57 Å². The van der Waals surface area contributed by atoms with Crippen LogP contribution >= 0.6 is 11.8 Å². The van der Waals surface area contributed by atoms with Gasteiger partial charge in [-0.2, -0.15) is 4.98 Å². The van der Waals surface area contributed by atoms with Crippen LogP contribution in [0.1, 0.15) is 19.7 Å². The summed E-state index contributed by atoms with van der Waals surface area (Å²) in [6.07, 6.45) is 1.64. The van der Waals surface area contributed by atoms with Crippen molar-refractivity contribution >= 4 is 11.8 Å². The second-order valence-electron chi connectivity index (χ2n) is 6.45. The summed E-state index contributed by atoms with van der Waals surface area (Å²) in [7, 11) is 0. The average Bonchev–Trinajstić information content (AvgIpc) is 3.41. The first kappa shape index (κ1) is 17.5. The zero-order valence-corrected chi connectivity index (χ0v) is 15.9. The highest BCUT2D eigenvalue weighted by molar-refractivity contribution is 7.98. The van der Waals surface area contributed by atoms with E-state index in [1.54, 1.807) is 6.26 Å². The maximum Gasteiger partial charge on any atom is 0.237 e. The first-order valence-corrected chi connectivity index (χ1v) is 9.67. The lowest BCUT2D eigenvalue weighted by atomic mass is 10.2. The molecule has 0 unspecified atom stereocenters. The fourth-order valence-electron chi connectivity index (χ4n) is 2.66. The molecule has 0 bridgehead atoms. The first-order chi connectivity index (χ1) is 13.2. The summed E-state index contributed by atoms with van der Waals surface area (Å²) in [5, 5.41) is 13.5. The number of furan rings is 1. The third kappa shape index (κ3) is 3.95. The van der Waals surface area contributed by atoms with E-state index in [2.05, 4.69) is 38.8 Å². The Labute approximate surface area is 160 Å². The Balaban J connectivity index is 1.52. The zero-order chi connectivity index (χ0) is 18.6. The minimum absolute atomic E-state index is 0.446. The van der Waals surface area contributed by atoms with E-state index in [4.69, 9.17) is 8.94 Å². The van der Waals surface area contributed by atoms with Crippen LogP contribution in [0.3, 0.4) is 0 Å². The van der Waals surface area contributed by atoms with Crippen LogP contribution in [0.5, 0.6) is 0 Å². The molecule has 7 nitrogen and oxygen atoms in total. The number of rotatable bonds is 7. The molecule has 1 aromatic carbocycles. The zero-order valence-electron chi connectivity index (χ0n) is 15.1. The lowest BCUT2D eigenvalue weighted by Crippen LogP contribution is -2.07. The molecule has 0 spiro atoms. The van der Waals surface area contributed by atoms with Crippen LogP contribution in [0, 0.1) is 5.92 Å². The van der Waals surface area contributed by atoms with Gasteiger partial charge in [0, 0.05) is 12.1 Å². The van der Waals surface area contributed by atoms with Crippen molar-refractivity contribution < 1.29 is 8.94 Å². The third-order valence-corrected chi connectivity index (χ3v) is 4.78. The Hall–Kier alpha value is -2.87. The normalized spacial score (nSPS) is 11.4. The maximum absolute atomic E-state index is 5.50. The second-order valence-corrected chi connectivity index (χ2v) is 7.40. The molecule has 4 aromatic rings. The van der Waals surface area contributed by atoms with Gasteiger partial charge in [0.25, 0.3) is 0 Å². The summed E-state index contributed by atoms with van der Waals surface area (Å²) < 4.78 is 13.0. The molecular weight excluding hydrogens is 362 g/mol. The van der Waals surface area contributed by atoms with Gasteiger partial charge >= 0.3 is 0 Å². The molecule has 138 valence electrons. The van der Waals surface area contributed by atoms with E-state index in [0.29, 0.717) is 29.1 Å². The predicted molar refractivity (Wildman–Crippen MR) is 102 cm³/mol. The Morgan fingerprint density at radius 3 is 2.67 bits per heavy atom. The molecule has 0 amide bonds. The van der Waals surface area contributed by atoms with Gasteiger partial charge in [-0.1, -0.05) is 61.1 Å². The van der Waals surface area contributed by atoms with Crippen molar-refractivity contribution in [3.05, 3.63) is 54.6 Å². The molecule has 0 radical (unpaired) electrons. The maximum atomic E-state index is 5.50. The molecule has 3 heterocycles. The lowest BCUT2D eigenvalue weighted by molar-refractivity contribution is 0.391. The number of hydrogen-bond donors (Lipinski definition) is 0. The van der Waals surface area contributed by atoms with Gasteiger partial charge < -0.3 is 8.94 Å². The molecule has 8 heteroatoms. The second kappa shape index (κ2) is 7.79. The largest absolute Gasteiger partial charge is 0.461 e. The minimum atomic E-state index is 0.446. The van der Waals surface area contributed by atoms with Gasteiger partial charge in [-0.15, -0.1) is 10.2 Å². The SMILES string of the molecule is CC(C)Cn1c(SCc2nc(-c3ccccc3)no2)nnc1-c1ccco1. The topological polar surface area (TPSA) is 82.8 Å². The van der Waals surface area contributed by atoms with Crippen molar-refractivity contribution in [2.45, 2.75) is 31.3 Å². The van der Waals surface area contributed by atoms with Crippen LogP contribution in [0.15, 0.2) is 62.8 Å². The van der Waals surface area contributed by atoms with E-state index in [0.717, 1.165) is 23.1 Å². The average molecular weight is 381 g/mol. The first-order valence-electron chi connectivity index (χ1n) is 8.68. The number of hydrogen-bond acceptors (Lipinski definition) is 7. The van der Waals surface area contributed by atoms with Crippen molar-refractivity contribution in [2.24, 2.45) is 5.92 Å². The van der Waals surface area contributed by atoms with Gasteiger partial charge in [-0.25, -0.2) is 0 Å². The summed E-state index contributed by atoms with van der Waals surface area (Å²) in [4.78, 5) is 4.47. The predicted octanol–water partition coefficient (Wildman–Crippen LogP) is 4.54. The van der Waals surface area contributed by atoms with Crippen molar-refractivity contribution in [2.75, 3.05) is 0 Å². The fraction of sp³-hybridized carbons (Fsp3) is 0.263. The molecule has 4 rings (SSSR count). The fourth-order valence-corrected chi connectivity index (χ4v) is 3.44. The van der Waals surface area contributed by atoms with Gasteiger partial charge in [0.15, 0.2) is 16.7 Å². The van der Waals surface area contributed by atoms with Crippen LogP contribution < -0.4 is 0 Å². The molecule has 3 aromatic heterocycles. The van der Waals surface area contributed by atoms with E-state index >= 15 is 0 Å². The molecule has 0 N–H and O–H groups in total. The van der Waals surface area contributed by atoms with Crippen molar-refractivity contribution in [1.82, 2.24) is 24.9 Å². The molecule has 0 aliphatic rings. The Morgan fingerprint density at radius 1 is 1.07 bits per heavy atom. The number of aromatic nitrogens is 5. The standard InChI is InChI=1S/C19H19N5O2S/c1-13(2)11-24-18(15-9-6-10-25-15)21-22-19(24)27-12-16-20-17(23-26-16)14-7-4-3-5-8-14/h3-10,13H,11-12H2,1-2H3. The van der Waals surface area contributed by atoms with Crippen molar-refractivity contribution in [1.29, 1.82) is 0 Å². The van der Waals surface area contributed by atoms with Gasteiger partial charge in [0.2, 0.25) is 11.7 Å². The Morgan fingerprint density at radius 2 is 1.93 bits per heavy atom. The number of nitrogens with zero attached hydrogens (tertiary/aromatic N) is 5. The quantitative estimate of drug-likeness (QED) is 0.435. The summed E-state index contributed by atoms with van der Waals surface area (Å²) in [5.74, 6) is 3.55. The summed E-state index contributed by atoms with van der Waals surface area (Å²) in [6, 6.07) is 13.5. The monoisotopic (exact) mass is 381 g/mol. The van der Waals surface area contributed by atoms with Crippen LogP contribution in [-0.2, 0) is 12.3 Å². The third-order valence-electron chi connectivity index (χ3n) is 3.83. The molecule has 0 fully saturated rings. The van der Waals surface area contributed by atoms with E-state index in [1.165, 1.54) is 11.8 Å². The highest BCUT2D eigenvalue weighted by atomic mass is 32.2. The molecule has 0 aliphatic heterocycles. The summed E-state index contributed by atoms with van der Waals surface area (Å²) in [5.41, 5.74) is 0.931. The van der Waals surface area contributed by atoms with Crippen molar-refractivity contribution in [3.63, 3.8) is 0 Å². The smallest absolute Gasteiger partial charge is 0.237 e. The molecule has 0 aliphatic carbocycles. The summed E-state index contributed by atoms with van der Waals surface area (Å²) >= 11 is 1.52. The van der Waals surface area contributed by atoms with E-state index in [-0.39, 0.29) is 0 Å². The number of thioether (sulfide) groups is 1. The van der Waals surface area contributed by atoms with E-state index in [9.17, 15) is 0 Å². The molecule has 0 saturated carbocycles. The van der Waals surface area contributed by atoms with E-state index in [1.807, 2.05) is 42.5 Å². The lowest BCUT2D eigenvalue weighted by Gasteiger charge is -2.10. The molecule has 27 heavy (non-hydrogen) atoms. The highest BCUT2D eigenvalue weighted by Crippen LogP contribution is 2.27. The molecule has 0 saturated heterocycles. The molecular formula is C19H19N5O2S. The van der Waals surface area contributed by atoms with E-state index < -0.39 is 0 Å². The van der Waals surface area contributed by atoms with Crippen molar-refractivity contribution in [3.8, 4) is 23.0 Å². The van der Waals surface area contributed by atoms with Crippen LogP contribution in [0.25, 0.3) is 23.0 Å². The van der Waals surface area contributed by atoms with Crippen LogP contribution in [0.4, 0.5) is 0 Å². The highest BCUT2D eigenvalue weighted by Gasteiger charge is 2.18. The molecule has 0 atom stereocenters. The summed E-state index contributed by atoms with van der Waals surface area (Å²) in [6.45, 7) is 5.11. The van der Waals surface area contributed by atoms with Gasteiger partial charge in [0.1, 0.15) is 0 Å². The number of benzene rings is 1. The Kier molecular flexibility index (Phi) is 5.06.